The van der Waals surface area contributed by atoms with Crippen molar-refractivity contribution in [1.82, 2.24) is 0 Å². The molecule has 0 aromatic rings. The van der Waals surface area contributed by atoms with Crippen LogP contribution in [0.3, 0.4) is 0 Å². The third-order valence-corrected chi connectivity index (χ3v) is 2.39. The Morgan fingerprint density at radius 2 is 2.46 bits per heavy atom. The molecule has 3 nitrogen and oxygen atoms in total. The van der Waals surface area contributed by atoms with Gasteiger partial charge < -0.3 is 10.5 Å². The van der Waals surface area contributed by atoms with Gasteiger partial charge in [-0.05, 0) is 6.92 Å². The molecule has 76 valence electrons. The van der Waals surface area contributed by atoms with Gasteiger partial charge >= 0.3 is 5.97 Å². The molecule has 1 unspecified atom stereocenters. The van der Waals surface area contributed by atoms with Crippen LogP contribution in [0.1, 0.15) is 6.92 Å². The summed E-state index contributed by atoms with van der Waals surface area (Å²) in [4.78, 5) is 11.0. The Morgan fingerprint density at radius 1 is 1.77 bits per heavy atom. The van der Waals surface area contributed by atoms with Crippen LogP contribution in [0.25, 0.3) is 0 Å². The number of carbonyl (C=O) groups excluding carboxylic acids is 1. The van der Waals surface area contributed by atoms with Crippen LogP contribution in [-0.4, -0.2) is 30.1 Å². The molecule has 0 radical (unpaired) electrons. The highest BCUT2D eigenvalue weighted by atomic mass is 35.5. The maximum atomic E-state index is 11.0. The molecule has 5 heteroatoms. The summed E-state index contributed by atoms with van der Waals surface area (Å²) >= 11 is 6.86. The Bertz CT molecular complexity index is 176. The minimum absolute atomic E-state index is 0.343. The highest BCUT2D eigenvalue weighted by Crippen LogP contribution is 2.03. The van der Waals surface area contributed by atoms with E-state index < -0.39 is 6.04 Å². The van der Waals surface area contributed by atoms with Crippen LogP contribution in [0, 0.1) is 0 Å². The lowest BCUT2D eigenvalue weighted by Gasteiger charge is -2.08. The van der Waals surface area contributed by atoms with Crippen molar-refractivity contribution in [3.05, 3.63) is 11.6 Å². The number of hydrogen-bond donors (Lipinski definition) is 1. The summed E-state index contributed by atoms with van der Waals surface area (Å²) in [5.41, 5.74) is 6.98. The molecule has 13 heavy (non-hydrogen) atoms. The van der Waals surface area contributed by atoms with Crippen LogP contribution in [0.4, 0.5) is 0 Å². The first-order valence-electron chi connectivity index (χ1n) is 3.97. The Kier molecular flexibility index (Phi) is 8.29. The molecule has 0 aromatic carbocycles. The van der Waals surface area contributed by atoms with Crippen molar-refractivity contribution in [3.63, 3.8) is 0 Å². The average Bonchev–Trinajstić information content (AvgIpc) is 2.12. The third-order valence-electron chi connectivity index (χ3n) is 1.19. The second-order valence-corrected chi connectivity index (χ2v) is 3.58. The van der Waals surface area contributed by atoms with Crippen LogP contribution >= 0.6 is 23.4 Å². The second kappa shape index (κ2) is 8.41. The lowest BCUT2D eigenvalue weighted by molar-refractivity contribution is -0.144. The fourth-order valence-electron chi connectivity index (χ4n) is 0.617. The minimum atomic E-state index is -0.534. The summed E-state index contributed by atoms with van der Waals surface area (Å²) in [5, 5.41) is 0. The van der Waals surface area contributed by atoms with Crippen LogP contribution in [0.5, 0.6) is 0 Å². The fourth-order valence-corrected chi connectivity index (χ4v) is 1.57. The summed E-state index contributed by atoms with van der Waals surface area (Å²) in [7, 11) is 0. The number of hydrogen-bond acceptors (Lipinski definition) is 4. The number of carbonyl (C=O) groups is 1. The number of thioether (sulfide) groups is 1. The summed E-state index contributed by atoms with van der Waals surface area (Å²) in [6.45, 7) is 2.13. The zero-order chi connectivity index (χ0) is 10.1. The lowest BCUT2D eigenvalue weighted by atomic mass is 10.4. The largest absolute Gasteiger partial charge is 0.465 e. The number of rotatable bonds is 6. The van der Waals surface area contributed by atoms with Crippen LogP contribution in [0.15, 0.2) is 11.6 Å². The third kappa shape index (κ3) is 6.93. The van der Waals surface area contributed by atoms with Gasteiger partial charge in [0.25, 0.3) is 0 Å². The van der Waals surface area contributed by atoms with Crippen LogP contribution in [0.2, 0.25) is 0 Å². The molecule has 0 aliphatic rings. The molecule has 0 rings (SSSR count). The highest BCUT2D eigenvalue weighted by Gasteiger charge is 2.13. The first-order valence-corrected chi connectivity index (χ1v) is 5.56. The van der Waals surface area contributed by atoms with E-state index >= 15 is 0 Å². The average molecular weight is 224 g/mol. The van der Waals surface area contributed by atoms with Gasteiger partial charge in [0.1, 0.15) is 6.04 Å². The van der Waals surface area contributed by atoms with E-state index in [9.17, 15) is 4.79 Å². The van der Waals surface area contributed by atoms with Gasteiger partial charge in [-0.1, -0.05) is 17.7 Å². The molecule has 0 fully saturated rings. The second-order valence-electron chi connectivity index (χ2n) is 2.26. The summed E-state index contributed by atoms with van der Waals surface area (Å²) < 4.78 is 4.74. The summed E-state index contributed by atoms with van der Waals surface area (Å²) in [6.07, 6.45) is 1.80. The van der Waals surface area contributed by atoms with E-state index in [4.69, 9.17) is 22.1 Å². The molecule has 0 aromatic heterocycles. The fraction of sp³-hybridized carbons (Fsp3) is 0.625. The topological polar surface area (TPSA) is 52.3 Å². The van der Waals surface area contributed by atoms with E-state index in [2.05, 4.69) is 0 Å². The standard InChI is InChI=1S/C8H14ClNO2S/c1-2-12-8(11)7(10)6-13-5-3-4-9/h3-4,7H,2,5-6,10H2,1H3. The van der Waals surface area contributed by atoms with Gasteiger partial charge in [-0.15, -0.1) is 0 Å². The molecule has 0 aliphatic heterocycles. The van der Waals surface area contributed by atoms with Crippen LogP contribution < -0.4 is 5.73 Å². The number of nitrogens with two attached hydrogens (primary N) is 1. The molecule has 0 amide bonds. The molecule has 0 heterocycles. The van der Waals surface area contributed by atoms with Crippen molar-refractivity contribution in [1.29, 1.82) is 0 Å². The number of ether oxygens (including phenoxy) is 1. The number of halogens is 1. The highest BCUT2D eigenvalue weighted by molar-refractivity contribution is 7.99. The van der Waals surface area contributed by atoms with E-state index in [-0.39, 0.29) is 5.97 Å². The SMILES string of the molecule is CCOC(=O)C(N)CSCC=CCl. The Balaban J connectivity index is 3.49. The Labute approximate surface area is 87.6 Å². The molecule has 0 saturated heterocycles. The molecule has 0 saturated carbocycles. The van der Waals surface area contributed by atoms with Gasteiger partial charge in [0, 0.05) is 17.0 Å². The molecule has 0 bridgehead atoms. The molecule has 0 spiro atoms. The summed E-state index contributed by atoms with van der Waals surface area (Å²) in [6, 6.07) is -0.534. The number of esters is 1. The van der Waals surface area contributed by atoms with Gasteiger partial charge in [0.05, 0.1) is 6.61 Å². The van der Waals surface area contributed by atoms with Crippen molar-refractivity contribution in [3.8, 4) is 0 Å². The smallest absolute Gasteiger partial charge is 0.323 e. The van der Waals surface area contributed by atoms with Gasteiger partial charge in [-0.3, -0.25) is 4.79 Å². The summed E-state index contributed by atoms with van der Waals surface area (Å²) in [5.74, 6) is 0.973. The zero-order valence-electron chi connectivity index (χ0n) is 7.53. The van der Waals surface area contributed by atoms with E-state index in [1.165, 1.54) is 5.54 Å². The van der Waals surface area contributed by atoms with Crippen molar-refractivity contribution < 1.29 is 9.53 Å². The van der Waals surface area contributed by atoms with E-state index in [1.807, 2.05) is 0 Å². The Morgan fingerprint density at radius 3 is 3.00 bits per heavy atom. The van der Waals surface area contributed by atoms with Gasteiger partial charge in [-0.2, -0.15) is 11.8 Å². The van der Waals surface area contributed by atoms with Gasteiger partial charge in [-0.25, -0.2) is 0 Å². The predicted octanol–water partition coefficient (Wildman–Crippen LogP) is 1.36. The minimum Gasteiger partial charge on any atom is -0.465 e. The Hall–Kier alpha value is -0.190. The van der Waals surface area contributed by atoms with Gasteiger partial charge in [0.2, 0.25) is 0 Å². The van der Waals surface area contributed by atoms with Crippen molar-refractivity contribution in [2.24, 2.45) is 5.73 Å². The quantitative estimate of drug-likeness (QED) is 0.546. The first kappa shape index (κ1) is 12.8. The first-order chi connectivity index (χ1) is 6.22. The molecular formula is C8H14ClNO2S. The monoisotopic (exact) mass is 223 g/mol. The molecule has 0 aliphatic carbocycles. The maximum absolute atomic E-state index is 11.0. The van der Waals surface area contributed by atoms with Crippen LogP contribution in [-0.2, 0) is 9.53 Å². The predicted molar refractivity (Wildman–Crippen MR) is 56.9 cm³/mol. The van der Waals surface area contributed by atoms with Crippen molar-refractivity contribution in [2.75, 3.05) is 18.1 Å². The normalized spacial score (nSPS) is 13.2. The van der Waals surface area contributed by atoms with E-state index in [0.717, 1.165) is 5.75 Å². The maximum Gasteiger partial charge on any atom is 0.323 e. The van der Waals surface area contributed by atoms with Crippen molar-refractivity contribution >= 4 is 29.3 Å². The van der Waals surface area contributed by atoms with E-state index in [1.54, 1.807) is 24.8 Å². The lowest BCUT2D eigenvalue weighted by Crippen LogP contribution is -2.34. The molecule has 1 atom stereocenters. The zero-order valence-corrected chi connectivity index (χ0v) is 9.11. The van der Waals surface area contributed by atoms with Gasteiger partial charge in [0.15, 0.2) is 0 Å². The van der Waals surface area contributed by atoms with E-state index in [0.29, 0.717) is 12.4 Å². The molecular weight excluding hydrogens is 210 g/mol. The molecule has 2 N–H and O–H groups in total. The van der Waals surface area contributed by atoms with Crippen molar-refractivity contribution in [2.45, 2.75) is 13.0 Å².